The summed E-state index contributed by atoms with van der Waals surface area (Å²) in [7, 11) is 0. The third-order valence-electron chi connectivity index (χ3n) is 1.73. The SMILES string of the molecule is CC(C)SCCNc1ccc(Br)cc1. The number of anilines is 1. The molecule has 0 atom stereocenters. The molecule has 0 aromatic heterocycles. The summed E-state index contributed by atoms with van der Waals surface area (Å²) in [6.07, 6.45) is 0. The van der Waals surface area contributed by atoms with Gasteiger partial charge in [-0.15, -0.1) is 0 Å². The summed E-state index contributed by atoms with van der Waals surface area (Å²) in [5, 5.41) is 4.11. The van der Waals surface area contributed by atoms with Crippen molar-refractivity contribution in [1.82, 2.24) is 0 Å². The summed E-state index contributed by atoms with van der Waals surface area (Å²) in [6, 6.07) is 8.28. The fourth-order valence-electron chi connectivity index (χ4n) is 1.06. The predicted octanol–water partition coefficient (Wildman–Crippen LogP) is 4.00. The summed E-state index contributed by atoms with van der Waals surface area (Å²) in [6.45, 7) is 5.49. The lowest BCUT2D eigenvalue weighted by molar-refractivity contribution is 1.10. The summed E-state index contributed by atoms with van der Waals surface area (Å²) in [4.78, 5) is 0. The van der Waals surface area contributed by atoms with Gasteiger partial charge in [-0.25, -0.2) is 0 Å². The monoisotopic (exact) mass is 273 g/mol. The first kappa shape index (κ1) is 11.9. The Hall–Kier alpha value is -0.150. The molecule has 0 aliphatic carbocycles. The summed E-state index contributed by atoms with van der Waals surface area (Å²) < 4.78 is 1.12. The molecule has 78 valence electrons. The van der Waals surface area contributed by atoms with E-state index < -0.39 is 0 Å². The van der Waals surface area contributed by atoms with E-state index in [1.54, 1.807) is 0 Å². The second-order valence-corrected chi connectivity index (χ2v) is 5.95. The second kappa shape index (κ2) is 6.36. The number of rotatable bonds is 5. The summed E-state index contributed by atoms with van der Waals surface area (Å²) >= 11 is 5.40. The molecule has 14 heavy (non-hydrogen) atoms. The predicted molar refractivity (Wildman–Crippen MR) is 70.2 cm³/mol. The number of hydrogen-bond donors (Lipinski definition) is 1. The van der Waals surface area contributed by atoms with Gasteiger partial charge in [-0.1, -0.05) is 29.8 Å². The average molecular weight is 274 g/mol. The number of halogens is 1. The minimum absolute atomic E-state index is 0.724. The van der Waals surface area contributed by atoms with Gasteiger partial charge in [0.15, 0.2) is 0 Å². The lowest BCUT2D eigenvalue weighted by atomic mass is 10.3. The minimum Gasteiger partial charge on any atom is -0.384 e. The van der Waals surface area contributed by atoms with Crippen LogP contribution in [0.4, 0.5) is 5.69 Å². The van der Waals surface area contributed by atoms with Gasteiger partial charge >= 0.3 is 0 Å². The van der Waals surface area contributed by atoms with Crippen molar-refractivity contribution in [2.45, 2.75) is 19.1 Å². The van der Waals surface area contributed by atoms with Gasteiger partial charge < -0.3 is 5.32 Å². The minimum atomic E-state index is 0.724. The molecular weight excluding hydrogens is 258 g/mol. The van der Waals surface area contributed by atoms with E-state index >= 15 is 0 Å². The fourth-order valence-corrected chi connectivity index (χ4v) is 2.01. The van der Waals surface area contributed by atoms with Crippen LogP contribution in [-0.4, -0.2) is 17.5 Å². The first-order valence-corrected chi connectivity index (χ1v) is 6.63. The van der Waals surface area contributed by atoms with Crippen molar-refractivity contribution in [3.05, 3.63) is 28.7 Å². The maximum absolute atomic E-state index is 3.41. The van der Waals surface area contributed by atoms with Crippen molar-refractivity contribution in [1.29, 1.82) is 0 Å². The smallest absolute Gasteiger partial charge is 0.0341 e. The Morgan fingerprint density at radius 2 is 1.93 bits per heavy atom. The van der Waals surface area contributed by atoms with Crippen molar-refractivity contribution in [2.75, 3.05) is 17.6 Å². The molecule has 1 nitrogen and oxygen atoms in total. The molecule has 0 bridgehead atoms. The highest BCUT2D eigenvalue weighted by atomic mass is 79.9. The molecule has 0 aliphatic heterocycles. The molecule has 0 heterocycles. The molecule has 0 amide bonds. The Morgan fingerprint density at radius 3 is 2.50 bits per heavy atom. The molecule has 1 aromatic rings. The summed E-state index contributed by atoms with van der Waals surface area (Å²) in [5.74, 6) is 1.16. The van der Waals surface area contributed by atoms with Gasteiger partial charge in [-0.2, -0.15) is 11.8 Å². The van der Waals surface area contributed by atoms with Gasteiger partial charge in [0.25, 0.3) is 0 Å². The summed E-state index contributed by atoms with van der Waals surface area (Å²) in [5.41, 5.74) is 1.19. The second-order valence-electron chi connectivity index (χ2n) is 3.35. The molecule has 0 unspecified atom stereocenters. The van der Waals surface area contributed by atoms with E-state index in [-0.39, 0.29) is 0 Å². The van der Waals surface area contributed by atoms with Gasteiger partial charge in [0.1, 0.15) is 0 Å². The van der Waals surface area contributed by atoms with E-state index in [0.717, 1.165) is 22.0 Å². The molecule has 0 saturated heterocycles. The van der Waals surface area contributed by atoms with Crippen molar-refractivity contribution in [2.24, 2.45) is 0 Å². The lowest BCUT2D eigenvalue weighted by Crippen LogP contribution is -2.05. The molecule has 1 N–H and O–H groups in total. The van der Waals surface area contributed by atoms with Crippen LogP contribution in [0.2, 0.25) is 0 Å². The van der Waals surface area contributed by atoms with Crippen LogP contribution in [-0.2, 0) is 0 Å². The highest BCUT2D eigenvalue weighted by Crippen LogP contribution is 2.14. The maximum Gasteiger partial charge on any atom is 0.0341 e. The maximum atomic E-state index is 3.41. The topological polar surface area (TPSA) is 12.0 Å². The zero-order valence-electron chi connectivity index (χ0n) is 8.59. The van der Waals surface area contributed by atoms with Crippen LogP contribution >= 0.6 is 27.7 Å². The molecule has 0 spiro atoms. The van der Waals surface area contributed by atoms with E-state index in [1.807, 2.05) is 11.8 Å². The number of thioether (sulfide) groups is 1. The van der Waals surface area contributed by atoms with E-state index in [1.165, 1.54) is 5.69 Å². The van der Waals surface area contributed by atoms with Crippen LogP contribution in [0.15, 0.2) is 28.7 Å². The largest absolute Gasteiger partial charge is 0.384 e. The molecule has 3 heteroatoms. The Bertz CT molecular complexity index is 258. The first-order valence-electron chi connectivity index (χ1n) is 4.79. The Kier molecular flexibility index (Phi) is 5.41. The van der Waals surface area contributed by atoms with Crippen LogP contribution in [0, 0.1) is 0 Å². The molecule has 1 aromatic carbocycles. The molecular formula is C11H16BrNS. The molecule has 0 aliphatic rings. The number of hydrogen-bond acceptors (Lipinski definition) is 2. The molecule has 0 fully saturated rings. The van der Waals surface area contributed by atoms with Gasteiger partial charge in [0.2, 0.25) is 0 Å². The van der Waals surface area contributed by atoms with E-state index in [9.17, 15) is 0 Å². The van der Waals surface area contributed by atoms with Gasteiger partial charge in [0, 0.05) is 22.5 Å². The van der Waals surface area contributed by atoms with Gasteiger partial charge in [0.05, 0.1) is 0 Å². The van der Waals surface area contributed by atoms with Gasteiger partial charge in [-0.05, 0) is 29.5 Å². The normalized spacial score (nSPS) is 10.6. The van der Waals surface area contributed by atoms with Crippen LogP contribution in [0.25, 0.3) is 0 Å². The zero-order valence-corrected chi connectivity index (χ0v) is 11.0. The molecule has 0 radical (unpaired) electrons. The molecule has 1 rings (SSSR count). The highest BCUT2D eigenvalue weighted by molar-refractivity contribution is 9.10. The number of nitrogens with one attached hydrogen (secondary N) is 1. The van der Waals surface area contributed by atoms with Crippen LogP contribution in [0.5, 0.6) is 0 Å². The van der Waals surface area contributed by atoms with E-state index in [2.05, 4.69) is 59.4 Å². The average Bonchev–Trinajstić information content (AvgIpc) is 2.15. The van der Waals surface area contributed by atoms with Crippen LogP contribution in [0.3, 0.4) is 0 Å². The van der Waals surface area contributed by atoms with Crippen molar-refractivity contribution < 1.29 is 0 Å². The Balaban J connectivity index is 2.21. The zero-order chi connectivity index (χ0) is 10.4. The third kappa shape index (κ3) is 4.91. The Labute approximate surface area is 98.8 Å². The van der Waals surface area contributed by atoms with Crippen LogP contribution < -0.4 is 5.32 Å². The molecule has 0 saturated carbocycles. The fraction of sp³-hybridized carbons (Fsp3) is 0.455. The number of benzene rings is 1. The van der Waals surface area contributed by atoms with Crippen LogP contribution in [0.1, 0.15) is 13.8 Å². The lowest BCUT2D eigenvalue weighted by Gasteiger charge is -2.07. The quantitative estimate of drug-likeness (QED) is 0.814. The van der Waals surface area contributed by atoms with Gasteiger partial charge in [-0.3, -0.25) is 0 Å². The first-order chi connectivity index (χ1) is 6.68. The standard InChI is InChI=1S/C11H16BrNS/c1-9(2)14-8-7-13-11-5-3-10(12)4-6-11/h3-6,9,13H,7-8H2,1-2H3. The Morgan fingerprint density at radius 1 is 1.29 bits per heavy atom. The van der Waals surface area contributed by atoms with Crippen molar-refractivity contribution >= 4 is 33.4 Å². The van der Waals surface area contributed by atoms with E-state index in [4.69, 9.17) is 0 Å². The van der Waals surface area contributed by atoms with Crippen molar-refractivity contribution in [3.8, 4) is 0 Å². The highest BCUT2D eigenvalue weighted by Gasteiger charge is 1.94. The van der Waals surface area contributed by atoms with Crippen molar-refractivity contribution in [3.63, 3.8) is 0 Å². The van der Waals surface area contributed by atoms with E-state index in [0.29, 0.717) is 0 Å². The third-order valence-corrected chi connectivity index (χ3v) is 3.36.